The number of fused-ring (bicyclic) bond motifs is 4. The number of ether oxygens (including phenoxy) is 1. The summed E-state index contributed by atoms with van der Waals surface area (Å²) >= 11 is 0. The van der Waals surface area contributed by atoms with Crippen molar-refractivity contribution in [3.63, 3.8) is 0 Å². The molecular weight excluding hydrogens is 629 g/mol. The minimum atomic E-state index is -5.07. The van der Waals surface area contributed by atoms with Crippen molar-refractivity contribution in [1.82, 2.24) is 20.2 Å². The number of halogens is 5. The van der Waals surface area contributed by atoms with Gasteiger partial charge in [-0.25, -0.2) is 23.5 Å². The molecule has 10 nitrogen and oxygen atoms in total. The lowest BCUT2D eigenvalue weighted by Crippen LogP contribution is -2.58. The highest BCUT2D eigenvalue weighted by Crippen LogP contribution is 2.52. The van der Waals surface area contributed by atoms with Gasteiger partial charge in [-0.1, -0.05) is 6.92 Å². The maximum atomic E-state index is 14.5. The van der Waals surface area contributed by atoms with Crippen molar-refractivity contribution in [3.8, 4) is 0 Å². The molecule has 2 bridgehead atoms. The van der Waals surface area contributed by atoms with Crippen molar-refractivity contribution in [2.45, 2.75) is 68.5 Å². The average Bonchev–Trinajstić information content (AvgIpc) is 3.45. The van der Waals surface area contributed by atoms with Crippen LogP contribution in [0.3, 0.4) is 0 Å². The number of hydrogen-bond acceptors (Lipinski definition) is 7. The minimum absolute atomic E-state index is 0.0521. The van der Waals surface area contributed by atoms with E-state index >= 15 is 0 Å². The van der Waals surface area contributed by atoms with E-state index in [9.17, 15) is 41.4 Å². The first-order valence-electron chi connectivity index (χ1n) is 15.8. The lowest BCUT2D eigenvalue weighted by atomic mass is 9.75. The third kappa shape index (κ3) is 5.30. The van der Waals surface area contributed by atoms with E-state index in [1.807, 2.05) is 6.92 Å². The summed E-state index contributed by atoms with van der Waals surface area (Å²) in [7, 11) is 0. The summed E-state index contributed by atoms with van der Waals surface area (Å²) in [6.45, 7) is 1.52. The van der Waals surface area contributed by atoms with Crippen molar-refractivity contribution in [3.05, 3.63) is 46.8 Å². The van der Waals surface area contributed by atoms with E-state index in [0.717, 1.165) is 17.5 Å². The monoisotopic (exact) mass is 663 g/mol. The van der Waals surface area contributed by atoms with Gasteiger partial charge in [0, 0.05) is 42.6 Å². The number of carbonyl (C=O) groups is 3. The third-order valence-corrected chi connectivity index (χ3v) is 10.7. The van der Waals surface area contributed by atoms with Crippen LogP contribution in [0.15, 0.2) is 24.4 Å². The van der Waals surface area contributed by atoms with Crippen LogP contribution in [0.2, 0.25) is 0 Å². The van der Waals surface area contributed by atoms with Crippen LogP contribution in [0.5, 0.6) is 0 Å². The predicted octanol–water partition coefficient (Wildman–Crippen LogP) is 4.80. The van der Waals surface area contributed by atoms with Crippen molar-refractivity contribution >= 4 is 29.4 Å². The Bertz CT molecular complexity index is 1640. The Morgan fingerprint density at radius 1 is 1.06 bits per heavy atom. The molecule has 5 aliphatic rings. The second-order valence-electron chi connectivity index (χ2n) is 14.0. The molecule has 7 rings (SSSR count). The molecule has 4 atom stereocenters. The molecule has 4 unspecified atom stereocenters. The molecule has 2 saturated heterocycles. The van der Waals surface area contributed by atoms with E-state index < -0.39 is 71.1 Å². The number of carboxylic acid groups (broad SMARTS) is 1. The second kappa shape index (κ2) is 10.8. The molecule has 3 aliphatic heterocycles. The van der Waals surface area contributed by atoms with Gasteiger partial charge in [0.05, 0.1) is 18.7 Å². The molecule has 2 N–H and O–H groups in total. The van der Waals surface area contributed by atoms with Crippen LogP contribution in [0.1, 0.15) is 77.4 Å². The lowest BCUT2D eigenvalue weighted by molar-refractivity contribution is -0.146. The minimum Gasteiger partial charge on any atom is -0.479 e. The molecule has 2 amide bonds. The topological polar surface area (TPSA) is 125 Å². The van der Waals surface area contributed by atoms with Crippen molar-refractivity contribution in [2.24, 2.45) is 17.8 Å². The van der Waals surface area contributed by atoms with Crippen LogP contribution in [-0.4, -0.2) is 82.1 Å². The summed E-state index contributed by atoms with van der Waals surface area (Å²) in [6.07, 6.45) is -1.25. The number of amides is 2. The number of alkyl halides is 5. The Morgan fingerprint density at radius 2 is 1.79 bits per heavy atom. The molecule has 1 aromatic heterocycles. The van der Waals surface area contributed by atoms with Crippen molar-refractivity contribution in [1.29, 1.82) is 0 Å². The number of likely N-dealkylation sites (tertiary alicyclic amines) is 1. The van der Waals surface area contributed by atoms with E-state index in [1.54, 1.807) is 12.1 Å². The summed E-state index contributed by atoms with van der Waals surface area (Å²) in [5, 5.41) is 12.7. The zero-order chi connectivity index (χ0) is 33.5. The van der Waals surface area contributed by atoms with Gasteiger partial charge in [-0.15, -0.1) is 0 Å². The standard InChI is InChI=1S/C32H34F5N5O5/c1-17-8-18-10-20(9-17)31(12-18,27(45)46)40-25(43)21-13-38-28(39-24(21)32(35,36)37)42-14-29(4-6-47-7-5-29)22-11-19(2-3-23(22)42)26(44)41-15-30(33,34)16-41/h2-3,11,13,17-18,20H,4-10,12,14-16H2,1H3,(H,40,43)(H,45,46). The smallest absolute Gasteiger partial charge is 0.434 e. The zero-order valence-corrected chi connectivity index (χ0v) is 25.6. The fourth-order valence-corrected chi connectivity index (χ4v) is 8.57. The van der Waals surface area contributed by atoms with Crippen molar-refractivity contribution < 1.29 is 46.2 Å². The molecule has 1 spiro atoms. The number of nitrogens with zero attached hydrogens (tertiary/aromatic N) is 4. The fourth-order valence-electron chi connectivity index (χ4n) is 8.57. The molecule has 1 aromatic carbocycles. The van der Waals surface area contributed by atoms with Gasteiger partial charge in [-0.2, -0.15) is 13.2 Å². The molecule has 2 aromatic rings. The van der Waals surface area contributed by atoms with Gasteiger partial charge in [0.15, 0.2) is 5.69 Å². The molecule has 47 heavy (non-hydrogen) atoms. The van der Waals surface area contributed by atoms with Crippen LogP contribution in [0.4, 0.5) is 33.6 Å². The fraction of sp³-hybridized carbons (Fsp3) is 0.594. The van der Waals surface area contributed by atoms with E-state index in [0.29, 0.717) is 50.1 Å². The van der Waals surface area contributed by atoms with Gasteiger partial charge in [0.2, 0.25) is 5.95 Å². The van der Waals surface area contributed by atoms with Gasteiger partial charge in [0.1, 0.15) is 5.54 Å². The third-order valence-electron chi connectivity index (χ3n) is 10.7. The molecule has 4 heterocycles. The predicted molar refractivity (Wildman–Crippen MR) is 156 cm³/mol. The molecule has 252 valence electrons. The SMILES string of the molecule is CC1CC2CC(C1)C(NC(=O)c1cnc(N3CC4(CCOCC4)c4cc(C(=O)N5CC(F)(F)C5)ccc43)nc1C(F)(F)F)(C(=O)O)C2. The number of hydrogen-bond donors (Lipinski definition) is 2. The number of aromatic nitrogens is 2. The highest BCUT2D eigenvalue weighted by atomic mass is 19.4. The maximum Gasteiger partial charge on any atom is 0.434 e. The number of benzene rings is 1. The largest absolute Gasteiger partial charge is 0.479 e. The lowest BCUT2D eigenvalue weighted by Gasteiger charge is -2.39. The number of nitrogens with one attached hydrogen (secondary N) is 1. The maximum absolute atomic E-state index is 14.5. The Hall–Kier alpha value is -3.88. The number of aliphatic carboxylic acids is 1. The zero-order valence-electron chi connectivity index (χ0n) is 25.6. The van der Waals surface area contributed by atoms with Crippen LogP contribution in [-0.2, 0) is 21.1 Å². The highest BCUT2D eigenvalue weighted by molar-refractivity contribution is 5.99. The molecule has 4 fully saturated rings. The van der Waals surface area contributed by atoms with E-state index in [4.69, 9.17) is 4.74 Å². The summed E-state index contributed by atoms with van der Waals surface area (Å²) in [5.41, 5.74) is -3.37. The van der Waals surface area contributed by atoms with Crippen molar-refractivity contribution in [2.75, 3.05) is 37.7 Å². The Labute approximate surface area is 266 Å². The molecule has 15 heteroatoms. The van der Waals surface area contributed by atoms with Gasteiger partial charge >= 0.3 is 12.1 Å². The Kier molecular flexibility index (Phi) is 7.30. The summed E-state index contributed by atoms with van der Waals surface area (Å²) in [6, 6.07) is 4.60. The Balaban J connectivity index is 1.22. The van der Waals surface area contributed by atoms with Crippen LogP contribution < -0.4 is 10.2 Å². The second-order valence-corrected chi connectivity index (χ2v) is 14.0. The van der Waals surface area contributed by atoms with Crippen LogP contribution >= 0.6 is 0 Å². The molecular formula is C32H34F5N5O5. The first kappa shape index (κ1) is 31.7. The van der Waals surface area contributed by atoms with Gasteiger partial charge in [0.25, 0.3) is 17.7 Å². The van der Waals surface area contributed by atoms with Crippen LogP contribution in [0.25, 0.3) is 0 Å². The van der Waals surface area contributed by atoms with Crippen LogP contribution in [0, 0.1) is 17.8 Å². The Morgan fingerprint density at radius 3 is 2.45 bits per heavy atom. The van der Waals surface area contributed by atoms with E-state index in [1.165, 1.54) is 11.0 Å². The van der Waals surface area contributed by atoms with Gasteiger partial charge in [-0.3, -0.25) is 9.59 Å². The van der Waals surface area contributed by atoms with Gasteiger partial charge in [-0.05, 0) is 80.0 Å². The number of carbonyl (C=O) groups excluding carboxylic acids is 2. The highest BCUT2D eigenvalue weighted by Gasteiger charge is 2.57. The first-order chi connectivity index (χ1) is 22.1. The summed E-state index contributed by atoms with van der Waals surface area (Å²) in [4.78, 5) is 49.6. The normalized spacial score (nSPS) is 28.9. The average molecular weight is 664 g/mol. The first-order valence-corrected chi connectivity index (χ1v) is 15.8. The molecule has 0 radical (unpaired) electrons. The molecule has 2 aliphatic carbocycles. The van der Waals surface area contributed by atoms with E-state index in [2.05, 4.69) is 15.3 Å². The summed E-state index contributed by atoms with van der Waals surface area (Å²) < 4.78 is 76.1. The number of anilines is 2. The molecule has 2 saturated carbocycles. The number of rotatable bonds is 5. The van der Waals surface area contributed by atoms with E-state index in [-0.39, 0.29) is 36.3 Å². The van der Waals surface area contributed by atoms with Gasteiger partial charge < -0.3 is 25.0 Å². The summed E-state index contributed by atoms with van der Waals surface area (Å²) in [5.74, 6) is -6.41. The quantitative estimate of drug-likeness (QED) is 0.438. The number of carboxylic acids is 1.